The van der Waals surface area contributed by atoms with Crippen molar-refractivity contribution in [1.82, 2.24) is 0 Å². The summed E-state index contributed by atoms with van der Waals surface area (Å²) in [6, 6.07) is 0. The first kappa shape index (κ1) is 70.3. The zero-order valence-corrected chi connectivity index (χ0v) is 48.6. The number of carbonyl (C=O) groups is 3. The van der Waals surface area contributed by atoms with E-state index in [1.54, 1.807) is 0 Å². The van der Waals surface area contributed by atoms with E-state index in [4.69, 9.17) is 14.2 Å². The van der Waals surface area contributed by atoms with Gasteiger partial charge in [0.2, 0.25) is 0 Å². The second kappa shape index (κ2) is 61.9. The summed E-state index contributed by atoms with van der Waals surface area (Å²) in [6.45, 7) is 6.45. The largest absolute Gasteiger partial charge is 0.462 e. The molecule has 0 rings (SSSR count). The Labute approximate surface area is 457 Å². The van der Waals surface area contributed by atoms with Gasteiger partial charge in [-0.15, -0.1) is 0 Å². The summed E-state index contributed by atoms with van der Waals surface area (Å²) in [7, 11) is 0. The highest BCUT2D eigenvalue weighted by molar-refractivity contribution is 5.71. The Morgan fingerprint density at radius 1 is 0.284 bits per heavy atom. The molecule has 0 bridgehead atoms. The summed E-state index contributed by atoms with van der Waals surface area (Å²) < 4.78 is 16.8. The average Bonchev–Trinajstić information content (AvgIpc) is 3.40. The van der Waals surface area contributed by atoms with E-state index >= 15 is 0 Å². The molecule has 0 aliphatic carbocycles. The van der Waals surface area contributed by atoms with Gasteiger partial charge in [0.05, 0.1) is 0 Å². The molecule has 1 atom stereocenters. The van der Waals surface area contributed by atoms with Gasteiger partial charge in [-0.05, 0) is 116 Å². The van der Waals surface area contributed by atoms with E-state index in [9.17, 15) is 14.4 Å². The zero-order chi connectivity index (χ0) is 53.6. The van der Waals surface area contributed by atoms with Crippen LogP contribution in [0.3, 0.4) is 0 Å². The van der Waals surface area contributed by atoms with Gasteiger partial charge < -0.3 is 14.2 Å². The monoisotopic (exact) mass is 1030 g/mol. The van der Waals surface area contributed by atoms with Crippen LogP contribution >= 0.6 is 0 Å². The number of esters is 3. The summed E-state index contributed by atoms with van der Waals surface area (Å²) in [6.07, 6.45) is 82.8. The first-order valence-electron chi connectivity index (χ1n) is 31.2. The molecule has 0 spiro atoms. The van der Waals surface area contributed by atoms with E-state index in [1.165, 1.54) is 154 Å². The summed E-state index contributed by atoms with van der Waals surface area (Å²) in [5, 5.41) is 0. The Balaban J connectivity index is 4.30. The molecule has 1 unspecified atom stereocenters. The maximum absolute atomic E-state index is 12.8. The summed E-state index contributed by atoms with van der Waals surface area (Å²) in [5.41, 5.74) is 0. The second-order valence-corrected chi connectivity index (χ2v) is 20.6. The lowest BCUT2D eigenvalue weighted by Crippen LogP contribution is -2.30. The smallest absolute Gasteiger partial charge is 0.306 e. The molecule has 0 aliphatic rings. The van der Waals surface area contributed by atoms with Crippen molar-refractivity contribution in [3.63, 3.8) is 0 Å². The van der Waals surface area contributed by atoms with Gasteiger partial charge in [0.1, 0.15) is 13.2 Å². The van der Waals surface area contributed by atoms with E-state index in [1.807, 2.05) is 0 Å². The van der Waals surface area contributed by atoms with Gasteiger partial charge in [-0.2, -0.15) is 0 Å². The number of hydrogen-bond acceptors (Lipinski definition) is 6. The first-order valence-corrected chi connectivity index (χ1v) is 31.2. The van der Waals surface area contributed by atoms with Gasteiger partial charge in [-0.1, -0.05) is 259 Å². The molecule has 0 aliphatic heterocycles. The quantitative estimate of drug-likeness (QED) is 0.0261. The van der Waals surface area contributed by atoms with Crippen LogP contribution in [0.4, 0.5) is 0 Å². The number of ether oxygens (including phenoxy) is 3. The minimum absolute atomic E-state index is 0.102. The summed E-state index contributed by atoms with van der Waals surface area (Å²) in [4.78, 5) is 38.2. The minimum Gasteiger partial charge on any atom is -0.462 e. The topological polar surface area (TPSA) is 78.9 Å². The molecule has 0 aromatic heterocycles. The molecular formula is C68H116O6. The Morgan fingerprint density at radius 2 is 0.541 bits per heavy atom. The SMILES string of the molecule is CC/C=C\C/C=C\C/C=C\C/C=C\C/C=C\CCCC(=O)OC(COC(=O)CCCCCCC/C=C\CCCCC)COC(=O)CCCCCCCCCCCCCCCCC/C=C\C/C=C\CCCCCCC. The maximum Gasteiger partial charge on any atom is 0.306 e. The lowest BCUT2D eigenvalue weighted by atomic mass is 10.0. The van der Waals surface area contributed by atoms with Crippen LogP contribution in [0, 0.1) is 0 Å². The van der Waals surface area contributed by atoms with Gasteiger partial charge in [0.15, 0.2) is 6.10 Å². The van der Waals surface area contributed by atoms with Gasteiger partial charge in [0, 0.05) is 19.3 Å². The fourth-order valence-electron chi connectivity index (χ4n) is 8.62. The normalized spacial score (nSPS) is 12.7. The fourth-order valence-corrected chi connectivity index (χ4v) is 8.62. The Hall–Kier alpha value is -3.67. The number of allylic oxidation sites excluding steroid dienone is 16. The number of carbonyl (C=O) groups excluding carboxylic acids is 3. The number of rotatable bonds is 56. The van der Waals surface area contributed by atoms with E-state index in [-0.39, 0.29) is 37.5 Å². The number of hydrogen-bond donors (Lipinski definition) is 0. The highest BCUT2D eigenvalue weighted by Gasteiger charge is 2.19. The van der Waals surface area contributed by atoms with Crippen LogP contribution in [-0.4, -0.2) is 37.2 Å². The molecular weight excluding hydrogens is 913 g/mol. The highest BCUT2D eigenvalue weighted by atomic mass is 16.6. The van der Waals surface area contributed by atoms with Crippen LogP contribution in [0.15, 0.2) is 97.2 Å². The Kier molecular flexibility index (Phi) is 58.8. The fraction of sp³-hybridized carbons (Fsp3) is 0.721. The molecule has 0 aromatic rings. The van der Waals surface area contributed by atoms with Crippen LogP contribution in [0.2, 0.25) is 0 Å². The van der Waals surface area contributed by atoms with Crippen molar-refractivity contribution in [3.05, 3.63) is 97.2 Å². The van der Waals surface area contributed by atoms with E-state index in [0.717, 1.165) is 96.3 Å². The van der Waals surface area contributed by atoms with Crippen LogP contribution < -0.4 is 0 Å². The molecule has 424 valence electrons. The zero-order valence-electron chi connectivity index (χ0n) is 48.6. The van der Waals surface area contributed by atoms with E-state index < -0.39 is 6.10 Å². The van der Waals surface area contributed by atoms with Crippen molar-refractivity contribution >= 4 is 17.9 Å². The predicted octanol–water partition coefficient (Wildman–Crippen LogP) is 21.3. The molecule has 0 N–H and O–H groups in total. The molecule has 6 heteroatoms. The molecule has 0 saturated heterocycles. The molecule has 0 aromatic carbocycles. The standard InChI is InChI=1S/C68H116O6/c1-4-7-10-13-16-19-22-25-27-29-30-31-32-33-34-35-36-37-38-40-41-43-46-49-52-55-58-61-67(70)73-64-65(63-72-66(69)60-57-54-51-48-45-24-21-18-15-12-9-6-3)74-68(71)62-59-56-53-50-47-44-42-39-28-26-23-20-17-14-11-8-5-2/h8,11,17-18,20-22,25-26,28-30,42,44,50,53,65H,4-7,9-10,12-16,19,23-24,27,31-41,43,45-49,51-52,54-64H2,1-3H3/b11-8-,20-17-,21-18-,25-22-,28-26-,30-29-,44-42-,53-50-. The third-order valence-electron chi connectivity index (χ3n) is 13.3. The van der Waals surface area contributed by atoms with Crippen LogP contribution in [0.1, 0.15) is 297 Å². The maximum atomic E-state index is 12.8. The predicted molar refractivity (Wildman–Crippen MR) is 320 cm³/mol. The van der Waals surface area contributed by atoms with Crippen molar-refractivity contribution in [2.45, 2.75) is 303 Å². The lowest BCUT2D eigenvalue weighted by Gasteiger charge is -2.18. The van der Waals surface area contributed by atoms with E-state index in [0.29, 0.717) is 19.3 Å². The first-order chi connectivity index (χ1) is 36.5. The third kappa shape index (κ3) is 59.2. The van der Waals surface area contributed by atoms with Gasteiger partial charge in [-0.3, -0.25) is 14.4 Å². The van der Waals surface area contributed by atoms with E-state index in [2.05, 4.69) is 118 Å². The molecule has 0 amide bonds. The number of unbranched alkanes of at least 4 members (excludes halogenated alkanes) is 29. The van der Waals surface area contributed by atoms with Crippen molar-refractivity contribution in [1.29, 1.82) is 0 Å². The van der Waals surface area contributed by atoms with Crippen molar-refractivity contribution in [3.8, 4) is 0 Å². The van der Waals surface area contributed by atoms with Crippen LogP contribution in [-0.2, 0) is 28.6 Å². The van der Waals surface area contributed by atoms with Crippen LogP contribution in [0.25, 0.3) is 0 Å². The van der Waals surface area contributed by atoms with Gasteiger partial charge in [-0.25, -0.2) is 0 Å². The van der Waals surface area contributed by atoms with Gasteiger partial charge >= 0.3 is 17.9 Å². The highest BCUT2D eigenvalue weighted by Crippen LogP contribution is 2.16. The Morgan fingerprint density at radius 3 is 0.905 bits per heavy atom. The minimum atomic E-state index is -0.811. The molecule has 0 saturated carbocycles. The van der Waals surface area contributed by atoms with Gasteiger partial charge in [0.25, 0.3) is 0 Å². The van der Waals surface area contributed by atoms with Crippen molar-refractivity contribution < 1.29 is 28.6 Å². The molecule has 74 heavy (non-hydrogen) atoms. The molecule has 0 heterocycles. The molecule has 0 radical (unpaired) electrons. The average molecular weight is 1030 g/mol. The Bertz CT molecular complexity index is 1460. The van der Waals surface area contributed by atoms with Crippen molar-refractivity contribution in [2.24, 2.45) is 0 Å². The lowest BCUT2D eigenvalue weighted by molar-refractivity contribution is -0.167. The molecule has 6 nitrogen and oxygen atoms in total. The summed E-state index contributed by atoms with van der Waals surface area (Å²) in [5.74, 6) is -0.964. The van der Waals surface area contributed by atoms with Crippen LogP contribution in [0.5, 0.6) is 0 Å². The second-order valence-electron chi connectivity index (χ2n) is 20.6. The summed E-state index contributed by atoms with van der Waals surface area (Å²) >= 11 is 0. The molecule has 0 fully saturated rings. The third-order valence-corrected chi connectivity index (χ3v) is 13.3. The van der Waals surface area contributed by atoms with Crippen molar-refractivity contribution in [2.75, 3.05) is 13.2 Å².